The van der Waals surface area contributed by atoms with Gasteiger partial charge in [0.2, 0.25) is 11.8 Å². The first-order valence-electron chi connectivity index (χ1n) is 11.6. The maximum absolute atomic E-state index is 13.5. The van der Waals surface area contributed by atoms with E-state index in [2.05, 4.69) is 15.5 Å². The second-order valence-corrected chi connectivity index (χ2v) is 10.2. The van der Waals surface area contributed by atoms with Gasteiger partial charge in [0.25, 0.3) is 0 Å². The number of aliphatic hydroxyl groups excluding tert-OH is 1. The first kappa shape index (κ1) is 24.9. The molecule has 1 fully saturated rings. The Hall–Kier alpha value is -3.24. The minimum Gasteiger partial charge on any atom is -0.508 e. The molecule has 0 saturated carbocycles. The lowest BCUT2D eigenvalue weighted by Gasteiger charge is -2.28. The molecule has 2 unspecified atom stereocenters. The van der Waals surface area contributed by atoms with Gasteiger partial charge in [0.1, 0.15) is 23.5 Å². The van der Waals surface area contributed by atoms with Crippen LogP contribution in [-0.2, 0) is 16.1 Å². The van der Waals surface area contributed by atoms with Crippen molar-refractivity contribution >= 4 is 23.2 Å². The summed E-state index contributed by atoms with van der Waals surface area (Å²) in [6.45, 7) is 7.67. The molecular formula is C25H30N4O5S. The largest absolute Gasteiger partial charge is 0.508 e. The fourth-order valence-corrected chi connectivity index (χ4v) is 5.29. The van der Waals surface area contributed by atoms with E-state index in [-0.39, 0.29) is 43.0 Å². The molecule has 1 aliphatic heterocycles. The molecule has 0 aliphatic carbocycles. The topological polar surface area (TPSA) is 129 Å². The summed E-state index contributed by atoms with van der Waals surface area (Å²) in [5.74, 6) is -0.842. The molecule has 1 aromatic carbocycles. The fraction of sp³-hybridized carbons (Fsp3) is 0.440. The molecule has 2 aromatic heterocycles. The summed E-state index contributed by atoms with van der Waals surface area (Å²) < 4.78 is 5.36. The minimum atomic E-state index is -0.816. The second-order valence-electron chi connectivity index (χ2n) is 9.32. The van der Waals surface area contributed by atoms with Crippen molar-refractivity contribution in [1.29, 1.82) is 0 Å². The van der Waals surface area contributed by atoms with Crippen molar-refractivity contribution < 1.29 is 24.3 Å². The Morgan fingerprint density at radius 2 is 2.06 bits per heavy atom. The number of nitrogens with zero attached hydrogens (tertiary/aromatic N) is 3. The molecular weight excluding hydrogens is 468 g/mol. The fourth-order valence-electron chi connectivity index (χ4n) is 4.48. The van der Waals surface area contributed by atoms with Gasteiger partial charge in [-0.25, -0.2) is 4.98 Å². The highest BCUT2D eigenvalue weighted by molar-refractivity contribution is 7.13. The van der Waals surface area contributed by atoms with E-state index in [0.717, 1.165) is 16.1 Å². The predicted octanol–water partition coefficient (Wildman–Crippen LogP) is 3.14. The molecule has 1 aliphatic rings. The number of carbonyl (C=O) groups excluding carboxylic acids is 2. The number of rotatable bonds is 7. The van der Waals surface area contributed by atoms with E-state index >= 15 is 0 Å². The van der Waals surface area contributed by atoms with Crippen LogP contribution in [-0.4, -0.2) is 55.8 Å². The molecule has 3 atom stereocenters. The van der Waals surface area contributed by atoms with Gasteiger partial charge in [-0.15, -0.1) is 11.3 Å². The average Bonchev–Trinajstić information content (AvgIpc) is 3.52. The normalized spacial score (nSPS) is 18.7. The standard InChI is InChI=1S/C25H30N4O5S/c1-13(2)22(21-7-14(3)28-34-21)25(33)29-11-18(30)9-19(29)24(32)26-10-17-6-5-16(8-20(17)31)23-15(4)27-12-35-23/h5-8,12-13,18-19,22,30-31H,9-11H2,1-4H3,(H,26,32)/t18?,19-,22?/m0/s1. The lowest BCUT2D eigenvalue weighted by molar-refractivity contribution is -0.141. The van der Waals surface area contributed by atoms with Crippen molar-refractivity contribution in [1.82, 2.24) is 20.4 Å². The monoisotopic (exact) mass is 498 g/mol. The summed E-state index contributed by atoms with van der Waals surface area (Å²) in [4.78, 5) is 33.2. The molecule has 3 heterocycles. The third-order valence-corrected chi connectivity index (χ3v) is 7.27. The summed E-state index contributed by atoms with van der Waals surface area (Å²) in [7, 11) is 0. The van der Waals surface area contributed by atoms with Crippen LogP contribution in [0.4, 0.5) is 0 Å². The van der Waals surface area contributed by atoms with E-state index < -0.39 is 18.1 Å². The van der Waals surface area contributed by atoms with Crippen molar-refractivity contribution in [3.63, 3.8) is 0 Å². The van der Waals surface area contributed by atoms with Crippen LogP contribution in [0.1, 0.15) is 48.9 Å². The van der Waals surface area contributed by atoms with Crippen LogP contribution >= 0.6 is 11.3 Å². The van der Waals surface area contributed by atoms with Gasteiger partial charge in [0.05, 0.1) is 27.9 Å². The molecule has 186 valence electrons. The zero-order chi connectivity index (χ0) is 25.3. The number of β-amino-alcohol motifs (C(OH)–C–C–N with tert-alkyl or cyclic N) is 1. The van der Waals surface area contributed by atoms with Crippen molar-refractivity contribution in [2.24, 2.45) is 5.92 Å². The highest BCUT2D eigenvalue weighted by Gasteiger charge is 2.43. The van der Waals surface area contributed by atoms with E-state index in [0.29, 0.717) is 17.0 Å². The van der Waals surface area contributed by atoms with Crippen LogP contribution in [0.25, 0.3) is 10.4 Å². The summed E-state index contributed by atoms with van der Waals surface area (Å²) in [5.41, 5.74) is 4.73. The lowest BCUT2D eigenvalue weighted by Crippen LogP contribution is -2.48. The summed E-state index contributed by atoms with van der Waals surface area (Å²) in [6, 6.07) is 6.21. The number of hydrogen-bond donors (Lipinski definition) is 3. The number of nitrogens with one attached hydrogen (secondary N) is 1. The van der Waals surface area contributed by atoms with Gasteiger partial charge in [-0.05, 0) is 31.4 Å². The SMILES string of the molecule is Cc1cc(C(C(=O)N2CC(O)C[C@H]2C(=O)NCc2ccc(-c3scnc3C)cc2O)C(C)C)on1. The number of carbonyl (C=O) groups is 2. The molecule has 0 radical (unpaired) electrons. The van der Waals surface area contributed by atoms with Crippen LogP contribution in [0.15, 0.2) is 34.3 Å². The number of hydrogen-bond acceptors (Lipinski definition) is 8. The highest BCUT2D eigenvalue weighted by Crippen LogP contribution is 2.33. The van der Waals surface area contributed by atoms with Crippen molar-refractivity contribution in [3.8, 4) is 16.2 Å². The van der Waals surface area contributed by atoms with E-state index in [1.807, 2.05) is 26.8 Å². The summed E-state index contributed by atoms with van der Waals surface area (Å²) in [6.07, 6.45) is -0.651. The smallest absolute Gasteiger partial charge is 0.243 e. The molecule has 3 aromatic rings. The number of aliphatic hydroxyl groups is 1. The number of aromatic hydroxyl groups is 1. The van der Waals surface area contributed by atoms with Crippen molar-refractivity contribution in [2.75, 3.05) is 6.54 Å². The Bertz CT molecular complexity index is 1220. The number of aromatic nitrogens is 2. The van der Waals surface area contributed by atoms with Gasteiger partial charge in [-0.3, -0.25) is 9.59 Å². The van der Waals surface area contributed by atoms with Crippen LogP contribution in [0, 0.1) is 19.8 Å². The number of benzene rings is 1. The first-order valence-corrected chi connectivity index (χ1v) is 12.5. The first-order chi connectivity index (χ1) is 16.7. The molecule has 0 spiro atoms. The van der Waals surface area contributed by atoms with Gasteiger partial charge >= 0.3 is 0 Å². The highest BCUT2D eigenvalue weighted by atomic mass is 32.1. The molecule has 9 nitrogen and oxygen atoms in total. The molecule has 4 rings (SSSR count). The number of phenolic OH excluding ortho intramolecular Hbond substituents is 1. The molecule has 35 heavy (non-hydrogen) atoms. The Balaban J connectivity index is 1.46. The Morgan fingerprint density at radius 1 is 1.29 bits per heavy atom. The zero-order valence-corrected chi connectivity index (χ0v) is 21.0. The van der Waals surface area contributed by atoms with E-state index in [4.69, 9.17) is 4.52 Å². The average molecular weight is 499 g/mol. The third kappa shape index (κ3) is 5.23. The molecule has 1 saturated heterocycles. The number of thiazole rings is 1. The Labute approximate surface area is 207 Å². The zero-order valence-electron chi connectivity index (χ0n) is 20.2. The third-order valence-electron chi connectivity index (χ3n) is 6.30. The maximum Gasteiger partial charge on any atom is 0.243 e. The molecule has 3 N–H and O–H groups in total. The number of phenols is 1. The van der Waals surface area contributed by atoms with Gasteiger partial charge in [-0.1, -0.05) is 31.1 Å². The second kappa shape index (κ2) is 10.2. The Kier molecular flexibility index (Phi) is 7.23. The number of amides is 2. The molecule has 10 heteroatoms. The summed E-state index contributed by atoms with van der Waals surface area (Å²) in [5, 5.41) is 27.5. The number of likely N-dealkylation sites (tertiary alicyclic amines) is 1. The van der Waals surface area contributed by atoms with E-state index in [1.54, 1.807) is 30.6 Å². The number of aryl methyl sites for hydroxylation is 2. The van der Waals surface area contributed by atoms with Crippen LogP contribution in [0.2, 0.25) is 0 Å². The summed E-state index contributed by atoms with van der Waals surface area (Å²) >= 11 is 1.50. The molecule has 2 amide bonds. The van der Waals surface area contributed by atoms with E-state index in [1.165, 1.54) is 16.2 Å². The van der Waals surface area contributed by atoms with Crippen molar-refractivity contribution in [2.45, 2.75) is 58.7 Å². The molecule has 0 bridgehead atoms. The van der Waals surface area contributed by atoms with Crippen LogP contribution < -0.4 is 5.32 Å². The van der Waals surface area contributed by atoms with Crippen molar-refractivity contribution in [3.05, 3.63) is 52.5 Å². The predicted molar refractivity (Wildman–Crippen MR) is 131 cm³/mol. The minimum absolute atomic E-state index is 0.0653. The quantitative estimate of drug-likeness (QED) is 0.456. The van der Waals surface area contributed by atoms with Gasteiger partial charge < -0.3 is 25.0 Å². The van der Waals surface area contributed by atoms with Gasteiger partial charge in [-0.2, -0.15) is 0 Å². The maximum atomic E-state index is 13.5. The van der Waals surface area contributed by atoms with Crippen LogP contribution in [0.5, 0.6) is 5.75 Å². The Morgan fingerprint density at radius 3 is 2.66 bits per heavy atom. The van der Waals surface area contributed by atoms with Gasteiger partial charge in [0, 0.05) is 31.1 Å². The lowest BCUT2D eigenvalue weighted by atomic mass is 9.91. The van der Waals surface area contributed by atoms with Crippen LogP contribution in [0.3, 0.4) is 0 Å². The van der Waals surface area contributed by atoms with E-state index in [9.17, 15) is 19.8 Å². The van der Waals surface area contributed by atoms with Gasteiger partial charge in [0.15, 0.2) is 0 Å².